The lowest BCUT2D eigenvalue weighted by atomic mass is 9.84. The van der Waals surface area contributed by atoms with Crippen molar-refractivity contribution in [2.24, 2.45) is 0 Å². The van der Waals surface area contributed by atoms with Gasteiger partial charge in [0.1, 0.15) is 11.3 Å². The van der Waals surface area contributed by atoms with Gasteiger partial charge in [-0.3, -0.25) is 14.4 Å². The molecule has 138 valence electrons. The van der Waals surface area contributed by atoms with Crippen LogP contribution in [0.25, 0.3) is 0 Å². The summed E-state index contributed by atoms with van der Waals surface area (Å²) in [4.78, 5) is 39.7. The maximum atomic E-state index is 12.5. The van der Waals surface area contributed by atoms with E-state index < -0.39 is 11.5 Å². The van der Waals surface area contributed by atoms with E-state index in [9.17, 15) is 14.4 Å². The predicted octanol–water partition coefficient (Wildman–Crippen LogP) is 2.04. The van der Waals surface area contributed by atoms with Crippen LogP contribution in [-0.4, -0.2) is 36.4 Å². The molecule has 0 bridgehead atoms. The third kappa shape index (κ3) is 3.94. The van der Waals surface area contributed by atoms with Crippen LogP contribution in [0.15, 0.2) is 33.7 Å². The first-order valence-corrected chi connectivity index (χ1v) is 8.79. The van der Waals surface area contributed by atoms with Crippen molar-refractivity contribution in [1.82, 2.24) is 10.3 Å². The second-order valence-electron chi connectivity index (χ2n) is 6.25. The first-order valence-electron chi connectivity index (χ1n) is 8.79. The zero-order valence-electron chi connectivity index (χ0n) is 14.7. The van der Waals surface area contributed by atoms with Gasteiger partial charge in [0, 0.05) is 43.4 Å². The maximum Gasteiger partial charge on any atom is 0.261 e. The summed E-state index contributed by atoms with van der Waals surface area (Å²) in [6, 6.07) is 5.01. The minimum absolute atomic E-state index is 0.0371. The number of Topliss-reactive ketones (excluding diaryl/α,β-unsaturated/α-hetero) is 1. The number of furan rings is 1. The molecular weight excluding hydrogens is 336 g/mol. The van der Waals surface area contributed by atoms with Crippen LogP contribution in [0.5, 0.6) is 0 Å². The highest BCUT2D eigenvalue weighted by atomic mass is 16.5. The summed E-state index contributed by atoms with van der Waals surface area (Å²) >= 11 is 0. The average molecular weight is 358 g/mol. The highest BCUT2D eigenvalue weighted by molar-refractivity contribution is 6.02. The van der Waals surface area contributed by atoms with Crippen molar-refractivity contribution in [3.05, 3.63) is 57.4 Å². The number of H-pyrrole nitrogens is 1. The number of aromatic amines is 1. The molecule has 1 aliphatic rings. The lowest BCUT2D eigenvalue weighted by Crippen LogP contribution is -2.33. The Hall–Kier alpha value is -2.67. The average Bonchev–Trinajstić information content (AvgIpc) is 3.15. The smallest absolute Gasteiger partial charge is 0.261 e. The number of ether oxygens (including phenoxy) is 1. The molecule has 0 aliphatic heterocycles. The number of hydrogen-bond acceptors (Lipinski definition) is 5. The zero-order valence-corrected chi connectivity index (χ0v) is 14.7. The molecule has 2 N–H and O–H groups in total. The molecule has 0 spiro atoms. The number of aromatic nitrogens is 1. The molecule has 2 aromatic rings. The number of carbonyl (C=O) groups excluding carboxylic acids is 2. The van der Waals surface area contributed by atoms with Crippen LogP contribution in [-0.2, 0) is 11.2 Å². The molecular formula is C19H22N2O5. The number of nitrogens with one attached hydrogen (secondary N) is 2. The molecule has 0 fully saturated rings. The van der Waals surface area contributed by atoms with Gasteiger partial charge in [-0.05, 0) is 38.0 Å². The van der Waals surface area contributed by atoms with Gasteiger partial charge in [0.15, 0.2) is 5.78 Å². The van der Waals surface area contributed by atoms with Crippen molar-refractivity contribution in [3.8, 4) is 0 Å². The van der Waals surface area contributed by atoms with E-state index >= 15 is 0 Å². The predicted molar refractivity (Wildman–Crippen MR) is 94.6 cm³/mol. The number of rotatable bonds is 7. The third-order valence-corrected chi connectivity index (χ3v) is 4.45. The van der Waals surface area contributed by atoms with Gasteiger partial charge in [-0.2, -0.15) is 0 Å². The van der Waals surface area contributed by atoms with Crippen molar-refractivity contribution < 1.29 is 18.7 Å². The fraction of sp³-hybridized carbons (Fsp3) is 0.421. The van der Waals surface area contributed by atoms with Gasteiger partial charge >= 0.3 is 0 Å². The summed E-state index contributed by atoms with van der Waals surface area (Å²) in [5, 5.41) is 2.69. The van der Waals surface area contributed by atoms with Crippen molar-refractivity contribution in [3.63, 3.8) is 0 Å². The van der Waals surface area contributed by atoms with E-state index in [2.05, 4.69) is 10.3 Å². The topological polar surface area (TPSA) is 101 Å². The molecule has 2 aromatic heterocycles. The van der Waals surface area contributed by atoms with Crippen molar-refractivity contribution in [2.45, 2.75) is 32.1 Å². The lowest BCUT2D eigenvalue weighted by molar-refractivity contribution is 0.0942. The van der Waals surface area contributed by atoms with E-state index in [1.165, 1.54) is 6.07 Å². The summed E-state index contributed by atoms with van der Waals surface area (Å²) in [6.07, 6.45) is 3.02. The quantitative estimate of drug-likeness (QED) is 0.738. The van der Waals surface area contributed by atoms with E-state index in [1.807, 2.05) is 13.0 Å². The van der Waals surface area contributed by atoms with Gasteiger partial charge in [0.2, 0.25) is 0 Å². The molecule has 0 aromatic carbocycles. The number of amides is 1. The Bertz CT molecular complexity index is 838. The Morgan fingerprint density at radius 2 is 2.23 bits per heavy atom. The van der Waals surface area contributed by atoms with Crippen LogP contribution >= 0.6 is 0 Å². The first kappa shape index (κ1) is 18.1. The Labute approximate surface area is 150 Å². The zero-order chi connectivity index (χ0) is 18.5. The van der Waals surface area contributed by atoms with Crippen LogP contribution in [0.2, 0.25) is 0 Å². The van der Waals surface area contributed by atoms with Crippen LogP contribution in [0, 0.1) is 0 Å². The van der Waals surface area contributed by atoms with E-state index in [0.29, 0.717) is 50.3 Å². The molecule has 0 saturated carbocycles. The second-order valence-corrected chi connectivity index (χ2v) is 6.25. The molecule has 1 amide bonds. The van der Waals surface area contributed by atoms with Crippen molar-refractivity contribution >= 4 is 11.7 Å². The van der Waals surface area contributed by atoms with Crippen LogP contribution < -0.4 is 10.9 Å². The van der Waals surface area contributed by atoms with Crippen LogP contribution in [0.4, 0.5) is 0 Å². The standard InChI is InChI=1S/C19H22N2O5/c1-2-25-7-4-6-20-18(23)14-11-13-15(21-19(14)24)9-12(10-16(13)22)17-5-3-8-26-17/h3,5,8,11-12H,2,4,6-7,9-10H2,1H3,(H,20,23)(H,21,24). The van der Waals surface area contributed by atoms with Crippen LogP contribution in [0.3, 0.4) is 0 Å². The fourth-order valence-electron chi connectivity index (χ4n) is 3.14. The van der Waals surface area contributed by atoms with Gasteiger partial charge in [0.05, 0.1) is 6.26 Å². The van der Waals surface area contributed by atoms with E-state index in [1.54, 1.807) is 12.3 Å². The highest BCUT2D eigenvalue weighted by Crippen LogP contribution is 2.31. The molecule has 0 radical (unpaired) electrons. The molecule has 2 heterocycles. The monoisotopic (exact) mass is 358 g/mol. The van der Waals surface area contributed by atoms with Crippen molar-refractivity contribution in [2.75, 3.05) is 19.8 Å². The van der Waals surface area contributed by atoms with E-state index in [-0.39, 0.29) is 17.3 Å². The molecule has 3 rings (SSSR count). The SMILES string of the molecule is CCOCCCNC(=O)c1cc2c([nH]c1=O)CC(c1ccco1)CC2=O. The number of carbonyl (C=O) groups is 2. The first-order chi connectivity index (χ1) is 12.6. The Morgan fingerprint density at radius 3 is 2.96 bits per heavy atom. The number of pyridine rings is 1. The summed E-state index contributed by atoms with van der Waals surface area (Å²) in [5.74, 6) is 0.0423. The molecule has 26 heavy (non-hydrogen) atoms. The maximum absolute atomic E-state index is 12.5. The van der Waals surface area contributed by atoms with Crippen molar-refractivity contribution in [1.29, 1.82) is 0 Å². The summed E-state index contributed by atoms with van der Waals surface area (Å²) in [7, 11) is 0. The number of ketones is 1. The fourth-order valence-corrected chi connectivity index (χ4v) is 3.14. The summed E-state index contributed by atoms with van der Waals surface area (Å²) in [5.41, 5.74) is 0.441. The number of fused-ring (bicyclic) bond motifs is 1. The molecule has 1 atom stereocenters. The second kappa shape index (κ2) is 8.14. The molecule has 1 aliphatic carbocycles. The van der Waals surface area contributed by atoms with E-state index in [0.717, 1.165) is 5.76 Å². The summed E-state index contributed by atoms with van der Waals surface area (Å²) < 4.78 is 10.6. The van der Waals surface area contributed by atoms with Gasteiger partial charge in [-0.15, -0.1) is 0 Å². The van der Waals surface area contributed by atoms with E-state index in [4.69, 9.17) is 9.15 Å². The molecule has 7 nitrogen and oxygen atoms in total. The molecule has 1 unspecified atom stereocenters. The molecule has 7 heteroatoms. The Balaban J connectivity index is 1.73. The van der Waals surface area contributed by atoms with Gasteiger partial charge in [-0.1, -0.05) is 0 Å². The van der Waals surface area contributed by atoms with Gasteiger partial charge < -0.3 is 19.5 Å². The Morgan fingerprint density at radius 1 is 1.38 bits per heavy atom. The third-order valence-electron chi connectivity index (χ3n) is 4.45. The minimum atomic E-state index is -0.487. The Kier molecular flexibility index (Phi) is 5.68. The largest absolute Gasteiger partial charge is 0.469 e. The highest BCUT2D eigenvalue weighted by Gasteiger charge is 2.30. The van der Waals surface area contributed by atoms with Crippen LogP contribution in [0.1, 0.15) is 57.9 Å². The van der Waals surface area contributed by atoms with Gasteiger partial charge in [0.25, 0.3) is 11.5 Å². The minimum Gasteiger partial charge on any atom is -0.469 e. The molecule has 0 saturated heterocycles. The number of hydrogen-bond donors (Lipinski definition) is 2. The van der Waals surface area contributed by atoms with Gasteiger partial charge in [-0.25, -0.2) is 0 Å². The normalized spacial score (nSPS) is 16.3. The summed E-state index contributed by atoms with van der Waals surface area (Å²) in [6.45, 7) is 3.48. The lowest BCUT2D eigenvalue weighted by Gasteiger charge is -2.22.